The van der Waals surface area contributed by atoms with Gasteiger partial charge in [-0.2, -0.15) is 4.31 Å². The highest BCUT2D eigenvalue weighted by Gasteiger charge is 2.28. The van der Waals surface area contributed by atoms with Gasteiger partial charge in [-0.05, 0) is 19.4 Å². The van der Waals surface area contributed by atoms with Crippen molar-refractivity contribution in [2.75, 3.05) is 25.9 Å². The molecule has 0 aliphatic carbocycles. The van der Waals surface area contributed by atoms with Gasteiger partial charge in [-0.1, -0.05) is 13.3 Å². The zero-order valence-corrected chi connectivity index (χ0v) is 9.81. The fourth-order valence-corrected chi connectivity index (χ4v) is 3.11. The maximum Gasteiger partial charge on any atom is 0.211 e. The van der Waals surface area contributed by atoms with E-state index >= 15 is 0 Å². The molecule has 0 aromatic heterocycles. The van der Waals surface area contributed by atoms with Crippen LogP contribution in [0.25, 0.3) is 0 Å². The van der Waals surface area contributed by atoms with Crippen LogP contribution in [-0.2, 0) is 10.0 Å². The monoisotopic (exact) mass is 220 g/mol. The number of likely N-dealkylation sites (N-methyl/N-ethyl adjacent to an activating group) is 1. The Labute approximate surface area is 86.7 Å². The summed E-state index contributed by atoms with van der Waals surface area (Å²) in [5, 5.41) is 3.21. The van der Waals surface area contributed by atoms with Gasteiger partial charge in [-0.3, -0.25) is 0 Å². The molecule has 0 amide bonds. The first kappa shape index (κ1) is 11.9. The maximum atomic E-state index is 11.5. The molecule has 14 heavy (non-hydrogen) atoms. The van der Waals surface area contributed by atoms with E-state index in [0.29, 0.717) is 6.54 Å². The van der Waals surface area contributed by atoms with Crippen LogP contribution in [0, 0.1) is 0 Å². The standard InChI is InChI=1S/C9H20N2O2S/c1-3-10-8-9-6-4-5-7-11(9)14(2,12)13/h9-10H,3-8H2,1-2H3. The largest absolute Gasteiger partial charge is 0.315 e. The van der Waals surface area contributed by atoms with Gasteiger partial charge < -0.3 is 5.32 Å². The van der Waals surface area contributed by atoms with Gasteiger partial charge >= 0.3 is 0 Å². The molecule has 0 saturated carbocycles. The molecule has 0 bridgehead atoms. The minimum absolute atomic E-state index is 0.165. The van der Waals surface area contributed by atoms with Crippen molar-refractivity contribution >= 4 is 10.0 Å². The summed E-state index contributed by atoms with van der Waals surface area (Å²) in [6.45, 7) is 4.40. The summed E-state index contributed by atoms with van der Waals surface area (Å²) in [6.07, 6.45) is 4.43. The van der Waals surface area contributed by atoms with Crippen molar-refractivity contribution in [2.24, 2.45) is 0 Å². The number of rotatable bonds is 4. The molecule has 5 heteroatoms. The molecule has 1 aliphatic heterocycles. The second-order valence-electron chi connectivity index (χ2n) is 3.83. The van der Waals surface area contributed by atoms with Gasteiger partial charge in [0.15, 0.2) is 0 Å². The molecule has 0 radical (unpaired) electrons. The average molecular weight is 220 g/mol. The van der Waals surface area contributed by atoms with Crippen LogP contribution in [0.4, 0.5) is 0 Å². The molecule has 1 N–H and O–H groups in total. The van der Waals surface area contributed by atoms with Crippen LogP contribution in [0.3, 0.4) is 0 Å². The van der Waals surface area contributed by atoms with Gasteiger partial charge in [0.1, 0.15) is 0 Å². The van der Waals surface area contributed by atoms with Crippen LogP contribution in [0.5, 0.6) is 0 Å². The summed E-state index contributed by atoms with van der Waals surface area (Å²) < 4.78 is 24.6. The SMILES string of the molecule is CCNCC1CCCCN1S(C)(=O)=O. The molecule has 0 spiro atoms. The number of hydrogen-bond acceptors (Lipinski definition) is 3. The summed E-state index contributed by atoms with van der Waals surface area (Å²) in [6, 6.07) is 0.165. The number of sulfonamides is 1. The minimum Gasteiger partial charge on any atom is -0.315 e. The molecular formula is C9H20N2O2S. The van der Waals surface area contributed by atoms with Crippen LogP contribution >= 0.6 is 0 Å². The fraction of sp³-hybridized carbons (Fsp3) is 1.00. The fourth-order valence-electron chi connectivity index (χ4n) is 1.93. The summed E-state index contributed by atoms with van der Waals surface area (Å²) in [5.41, 5.74) is 0. The quantitative estimate of drug-likeness (QED) is 0.746. The Morgan fingerprint density at radius 2 is 2.14 bits per heavy atom. The van der Waals surface area contributed by atoms with Crippen molar-refractivity contribution in [1.82, 2.24) is 9.62 Å². The molecule has 1 atom stereocenters. The zero-order valence-electron chi connectivity index (χ0n) is 8.99. The van der Waals surface area contributed by atoms with Crippen molar-refractivity contribution in [1.29, 1.82) is 0 Å². The van der Waals surface area contributed by atoms with E-state index in [1.54, 1.807) is 4.31 Å². The van der Waals surface area contributed by atoms with Crippen molar-refractivity contribution in [2.45, 2.75) is 32.2 Å². The lowest BCUT2D eigenvalue weighted by Gasteiger charge is -2.33. The van der Waals surface area contributed by atoms with E-state index in [1.807, 2.05) is 6.92 Å². The Morgan fingerprint density at radius 1 is 1.43 bits per heavy atom. The molecule has 84 valence electrons. The highest BCUT2D eigenvalue weighted by Crippen LogP contribution is 2.18. The van der Waals surface area contributed by atoms with E-state index in [4.69, 9.17) is 0 Å². The first-order valence-electron chi connectivity index (χ1n) is 5.23. The van der Waals surface area contributed by atoms with Crippen LogP contribution in [0.2, 0.25) is 0 Å². The Bertz CT molecular complexity index is 264. The first-order valence-corrected chi connectivity index (χ1v) is 7.08. The zero-order chi connectivity index (χ0) is 10.6. The van der Waals surface area contributed by atoms with Crippen molar-refractivity contribution < 1.29 is 8.42 Å². The maximum absolute atomic E-state index is 11.5. The molecule has 0 aromatic rings. The predicted molar refractivity (Wildman–Crippen MR) is 57.7 cm³/mol. The van der Waals surface area contributed by atoms with E-state index in [1.165, 1.54) is 6.26 Å². The normalized spacial score (nSPS) is 25.1. The number of piperidine rings is 1. The van der Waals surface area contributed by atoms with Crippen LogP contribution in [0.1, 0.15) is 26.2 Å². The van der Waals surface area contributed by atoms with E-state index in [9.17, 15) is 8.42 Å². The van der Waals surface area contributed by atoms with Crippen LogP contribution in [0.15, 0.2) is 0 Å². The van der Waals surface area contributed by atoms with Gasteiger partial charge in [0.25, 0.3) is 0 Å². The van der Waals surface area contributed by atoms with Gasteiger partial charge in [-0.15, -0.1) is 0 Å². The Morgan fingerprint density at radius 3 is 2.71 bits per heavy atom. The lowest BCUT2D eigenvalue weighted by atomic mass is 10.1. The molecule has 1 heterocycles. The Hall–Kier alpha value is -0.130. The molecular weight excluding hydrogens is 200 g/mol. The van der Waals surface area contributed by atoms with E-state index in [-0.39, 0.29) is 6.04 Å². The third-order valence-corrected chi connectivity index (χ3v) is 3.96. The van der Waals surface area contributed by atoms with Crippen molar-refractivity contribution in [3.05, 3.63) is 0 Å². The smallest absolute Gasteiger partial charge is 0.211 e. The highest BCUT2D eigenvalue weighted by molar-refractivity contribution is 7.88. The lowest BCUT2D eigenvalue weighted by Crippen LogP contribution is -2.47. The third kappa shape index (κ3) is 3.22. The van der Waals surface area contributed by atoms with Crippen molar-refractivity contribution in [3.8, 4) is 0 Å². The minimum atomic E-state index is -3.01. The topological polar surface area (TPSA) is 49.4 Å². The average Bonchev–Trinajstić information content (AvgIpc) is 2.14. The Balaban J connectivity index is 2.60. The molecule has 1 fully saturated rings. The molecule has 1 saturated heterocycles. The molecule has 0 aromatic carbocycles. The number of hydrogen-bond donors (Lipinski definition) is 1. The summed E-state index contributed by atoms with van der Waals surface area (Å²) >= 11 is 0. The van der Waals surface area contributed by atoms with Crippen LogP contribution < -0.4 is 5.32 Å². The van der Waals surface area contributed by atoms with Gasteiger partial charge in [0.2, 0.25) is 10.0 Å². The summed E-state index contributed by atoms with van der Waals surface area (Å²) in [4.78, 5) is 0. The second-order valence-corrected chi connectivity index (χ2v) is 5.77. The number of nitrogens with one attached hydrogen (secondary N) is 1. The molecule has 1 unspecified atom stereocenters. The molecule has 4 nitrogen and oxygen atoms in total. The Kier molecular flexibility index (Phi) is 4.34. The lowest BCUT2D eigenvalue weighted by molar-refractivity contribution is 0.248. The molecule has 1 aliphatic rings. The predicted octanol–water partition coefficient (Wildman–Crippen LogP) is 0.410. The third-order valence-electron chi connectivity index (χ3n) is 2.63. The van der Waals surface area contributed by atoms with Gasteiger partial charge in [0, 0.05) is 19.1 Å². The first-order chi connectivity index (χ1) is 6.55. The van der Waals surface area contributed by atoms with Crippen LogP contribution in [-0.4, -0.2) is 44.7 Å². The second kappa shape index (κ2) is 5.09. The summed E-state index contributed by atoms with van der Waals surface area (Å²) in [7, 11) is -3.01. The van der Waals surface area contributed by atoms with E-state index in [2.05, 4.69) is 5.32 Å². The summed E-state index contributed by atoms with van der Waals surface area (Å²) in [5.74, 6) is 0. The van der Waals surface area contributed by atoms with E-state index < -0.39 is 10.0 Å². The number of nitrogens with zero attached hydrogens (tertiary/aromatic N) is 1. The highest BCUT2D eigenvalue weighted by atomic mass is 32.2. The molecule has 1 rings (SSSR count). The van der Waals surface area contributed by atoms with E-state index in [0.717, 1.165) is 32.4 Å². The van der Waals surface area contributed by atoms with Crippen molar-refractivity contribution in [3.63, 3.8) is 0 Å². The van der Waals surface area contributed by atoms with Gasteiger partial charge in [0.05, 0.1) is 6.26 Å². The van der Waals surface area contributed by atoms with Gasteiger partial charge in [-0.25, -0.2) is 8.42 Å².